The predicted octanol–water partition coefficient (Wildman–Crippen LogP) is 3.19. The largest absolute Gasteiger partial charge is 0.495 e. The SMILES string of the molecule is COc1ccc(Cl)cc1NCC1CCCOC1. The number of benzene rings is 1. The molecule has 0 amide bonds. The van der Waals surface area contributed by atoms with E-state index in [1.807, 2.05) is 18.2 Å². The third-order valence-corrected chi connectivity index (χ3v) is 3.23. The van der Waals surface area contributed by atoms with Crippen LogP contribution in [0, 0.1) is 5.92 Å². The van der Waals surface area contributed by atoms with Crippen molar-refractivity contribution in [1.82, 2.24) is 0 Å². The monoisotopic (exact) mass is 255 g/mol. The van der Waals surface area contributed by atoms with Crippen LogP contribution in [0.25, 0.3) is 0 Å². The summed E-state index contributed by atoms with van der Waals surface area (Å²) in [5.74, 6) is 1.40. The van der Waals surface area contributed by atoms with Gasteiger partial charge < -0.3 is 14.8 Å². The Morgan fingerprint density at radius 2 is 2.41 bits per heavy atom. The van der Waals surface area contributed by atoms with Crippen LogP contribution >= 0.6 is 11.6 Å². The van der Waals surface area contributed by atoms with Crippen molar-refractivity contribution >= 4 is 17.3 Å². The lowest BCUT2D eigenvalue weighted by atomic mass is 10.0. The molecule has 1 N–H and O–H groups in total. The Hall–Kier alpha value is -0.930. The lowest BCUT2D eigenvalue weighted by molar-refractivity contribution is 0.0595. The number of halogens is 1. The van der Waals surface area contributed by atoms with E-state index in [-0.39, 0.29) is 0 Å². The van der Waals surface area contributed by atoms with Crippen molar-refractivity contribution in [2.24, 2.45) is 5.92 Å². The van der Waals surface area contributed by atoms with Gasteiger partial charge in [0.15, 0.2) is 0 Å². The first-order valence-electron chi connectivity index (χ1n) is 5.95. The Bertz CT molecular complexity index is 364. The molecule has 0 spiro atoms. The Morgan fingerprint density at radius 1 is 1.53 bits per heavy atom. The summed E-state index contributed by atoms with van der Waals surface area (Å²) in [7, 11) is 1.66. The van der Waals surface area contributed by atoms with E-state index in [0.29, 0.717) is 10.9 Å². The number of ether oxygens (including phenoxy) is 2. The summed E-state index contributed by atoms with van der Waals surface area (Å²) in [5, 5.41) is 4.10. The van der Waals surface area contributed by atoms with Crippen LogP contribution in [0.15, 0.2) is 18.2 Å². The van der Waals surface area contributed by atoms with Crippen LogP contribution in [0.4, 0.5) is 5.69 Å². The van der Waals surface area contributed by atoms with Crippen molar-refractivity contribution in [1.29, 1.82) is 0 Å². The maximum Gasteiger partial charge on any atom is 0.142 e. The van der Waals surface area contributed by atoms with Crippen molar-refractivity contribution in [3.8, 4) is 5.75 Å². The molecule has 0 bridgehead atoms. The first-order chi connectivity index (χ1) is 8.29. The molecule has 4 heteroatoms. The van der Waals surface area contributed by atoms with E-state index in [2.05, 4.69) is 5.32 Å². The molecule has 0 saturated carbocycles. The molecule has 2 rings (SSSR count). The Labute approximate surface area is 107 Å². The van der Waals surface area contributed by atoms with E-state index in [0.717, 1.165) is 37.6 Å². The Balaban J connectivity index is 1.95. The average molecular weight is 256 g/mol. The molecule has 0 aromatic heterocycles. The van der Waals surface area contributed by atoms with Crippen molar-refractivity contribution in [3.05, 3.63) is 23.2 Å². The fourth-order valence-corrected chi connectivity index (χ4v) is 2.21. The minimum atomic E-state index is 0.576. The second-order valence-electron chi connectivity index (χ2n) is 4.31. The van der Waals surface area contributed by atoms with E-state index in [1.165, 1.54) is 6.42 Å². The number of hydrogen-bond donors (Lipinski definition) is 1. The first-order valence-corrected chi connectivity index (χ1v) is 6.32. The van der Waals surface area contributed by atoms with Crippen LogP contribution < -0.4 is 10.1 Å². The summed E-state index contributed by atoms with van der Waals surface area (Å²) >= 11 is 5.98. The second kappa shape index (κ2) is 6.12. The summed E-state index contributed by atoms with van der Waals surface area (Å²) in [5.41, 5.74) is 0.950. The molecule has 1 aromatic carbocycles. The maximum absolute atomic E-state index is 5.98. The molecule has 0 aliphatic carbocycles. The topological polar surface area (TPSA) is 30.5 Å². The van der Waals surface area contributed by atoms with Gasteiger partial charge in [-0.25, -0.2) is 0 Å². The highest BCUT2D eigenvalue weighted by Crippen LogP contribution is 2.28. The molecule has 1 atom stereocenters. The number of methoxy groups -OCH3 is 1. The van der Waals surface area contributed by atoms with Crippen LogP contribution in [-0.4, -0.2) is 26.9 Å². The van der Waals surface area contributed by atoms with E-state index >= 15 is 0 Å². The maximum atomic E-state index is 5.98. The van der Waals surface area contributed by atoms with Crippen molar-refractivity contribution in [2.75, 3.05) is 32.2 Å². The van der Waals surface area contributed by atoms with Crippen LogP contribution in [0.2, 0.25) is 5.02 Å². The number of rotatable bonds is 4. The fourth-order valence-electron chi connectivity index (χ4n) is 2.04. The highest BCUT2D eigenvalue weighted by molar-refractivity contribution is 6.30. The lowest BCUT2D eigenvalue weighted by Gasteiger charge is -2.23. The number of hydrogen-bond acceptors (Lipinski definition) is 3. The van der Waals surface area contributed by atoms with Crippen molar-refractivity contribution < 1.29 is 9.47 Å². The quantitative estimate of drug-likeness (QED) is 0.896. The third kappa shape index (κ3) is 3.51. The molecule has 1 fully saturated rings. The minimum Gasteiger partial charge on any atom is -0.495 e. The van der Waals surface area contributed by atoms with E-state index in [4.69, 9.17) is 21.1 Å². The van der Waals surface area contributed by atoms with Gasteiger partial charge in [0.25, 0.3) is 0 Å². The predicted molar refractivity (Wildman–Crippen MR) is 70.0 cm³/mol. The number of anilines is 1. The summed E-state index contributed by atoms with van der Waals surface area (Å²) in [6.45, 7) is 2.64. The van der Waals surface area contributed by atoms with E-state index in [9.17, 15) is 0 Å². The molecule has 94 valence electrons. The van der Waals surface area contributed by atoms with Gasteiger partial charge in [0.2, 0.25) is 0 Å². The first kappa shape index (κ1) is 12.5. The van der Waals surface area contributed by atoms with Gasteiger partial charge >= 0.3 is 0 Å². The molecule has 1 aliphatic rings. The van der Waals surface area contributed by atoms with Crippen molar-refractivity contribution in [2.45, 2.75) is 12.8 Å². The van der Waals surface area contributed by atoms with Gasteiger partial charge in [0.1, 0.15) is 5.75 Å². The summed E-state index contributed by atoms with van der Waals surface area (Å²) in [4.78, 5) is 0. The highest BCUT2D eigenvalue weighted by Gasteiger charge is 2.14. The Morgan fingerprint density at radius 3 is 3.12 bits per heavy atom. The van der Waals surface area contributed by atoms with Crippen molar-refractivity contribution in [3.63, 3.8) is 0 Å². The van der Waals surface area contributed by atoms with Crippen LogP contribution in [0.3, 0.4) is 0 Å². The molecule has 17 heavy (non-hydrogen) atoms. The summed E-state index contributed by atoms with van der Waals surface area (Å²) < 4.78 is 10.7. The van der Waals surface area contributed by atoms with Gasteiger partial charge in [-0.1, -0.05) is 11.6 Å². The molecule has 1 unspecified atom stereocenters. The summed E-state index contributed by atoms with van der Waals surface area (Å²) in [6, 6.07) is 5.60. The zero-order valence-electron chi connectivity index (χ0n) is 10.0. The van der Waals surface area contributed by atoms with Gasteiger partial charge in [-0.3, -0.25) is 0 Å². The van der Waals surface area contributed by atoms with Crippen LogP contribution in [0.1, 0.15) is 12.8 Å². The van der Waals surface area contributed by atoms with Gasteiger partial charge in [-0.05, 0) is 37.0 Å². The molecular formula is C13H18ClNO2. The average Bonchev–Trinajstić information content (AvgIpc) is 2.38. The molecule has 1 saturated heterocycles. The minimum absolute atomic E-state index is 0.576. The Kier molecular flexibility index (Phi) is 4.51. The van der Waals surface area contributed by atoms with Crippen LogP contribution in [0.5, 0.6) is 5.75 Å². The highest BCUT2D eigenvalue weighted by atomic mass is 35.5. The van der Waals surface area contributed by atoms with Gasteiger partial charge in [-0.2, -0.15) is 0 Å². The zero-order valence-corrected chi connectivity index (χ0v) is 10.8. The van der Waals surface area contributed by atoms with Gasteiger partial charge in [-0.15, -0.1) is 0 Å². The van der Waals surface area contributed by atoms with Gasteiger partial charge in [0, 0.05) is 18.2 Å². The molecule has 0 radical (unpaired) electrons. The van der Waals surface area contributed by atoms with Crippen LogP contribution in [-0.2, 0) is 4.74 Å². The number of nitrogens with one attached hydrogen (secondary N) is 1. The standard InChI is InChI=1S/C13H18ClNO2/c1-16-13-5-4-11(14)7-12(13)15-8-10-3-2-6-17-9-10/h4-5,7,10,15H,2-3,6,8-9H2,1H3. The second-order valence-corrected chi connectivity index (χ2v) is 4.75. The fraction of sp³-hybridized carbons (Fsp3) is 0.538. The van der Waals surface area contributed by atoms with E-state index in [1.54, 1.807) is 7.11 Å². The molecule has 1 aliphatic heterocycles. The molecule has 1 heterocycles. The van der Waals surface area contributed by atoms with E-state index < -0.39 is 0 Å². The summed E-state index contributed by atoms with van der Waals surface area (Å²) in [6.07, 6.45) is 2.37. The van der Waals surface area contributed by atoms with Gasteiger partial charge in [0.05, 0.1) is 19.4 Å². The molecule has 1 aromatic rings. The smallest absolute Gasteiger partial charge is 0.142 e. The third-order valence-electron chi connectivity index (χ3n) is 3.00. The zero-order chi connectivity index (χ0) is 12.1. The molecular weight excluding hydrogens is 238 g/mol. The lowest BCUT2D eigenvalue weighted by Crippen LogP contribution is -2.24. The molecule has 3 nitrogen and oxygen atoms in total. The normalized spacial score (nSPS) is 20.0.